The Morgan fingerprint density at radius 3 is 2.50 bits per heavy atom. The van der Waals surface area contributed by atoms with Crippen LogP contribution in [0.4, 0.5) is 0 Å². The van der Waals surface area contributed by atoms with Crippen molar-refractivity contribution < 1.29 is 4.74 Å². The predicted octanol–water partition coefficient (Wildman–Crippen LogP) is 3.47. The zero-order chi connectivity index (χ0) is 14.8. The second-order valence-corrected chi connectivity index (χ2v) is 4.97. The molecule has 0 spiro atoms. The number of hydrogen-bond acceptors (Lipinski definition) is 3. The lowest BCUT2D eigenvalue weighted by atomic mass is 10.0. The molecule has 1 N–H and O–H groups in total. The van der Waals surface area contributed by atoms with Gasteiger partial charge in [-0.2, -0.15) is 0 Å². The first-order valence-electron chi connectivity index (χ1n) is 7.94. The molecule has 0 aliphatic rings. The van der Waals surface area contributed by atoms with Crippen LogP contribution in [0.2, 0.25) is 0 Å². The summed E-state index contributed by atoms with van der Waals surface area (Å²) in [4.78, 5) is 2.50. The van der Waals surface area contributed by atoms with Gasteiger partial charge < -0.3 is 15.0 Å². The molecule has 0 aliphatic carbocycles. The predicted molar refractivity (Wildman–Crippen MR) is 86.4 cm³/mol. The van der Waals surface area contributed by atoms with E-state index in [-0.39, 0.29) is 0 Å². The zero-order valence-corrected chi connectivity index (χ0v) is 13.5. The van der Waals surface area contributed by atoms with Crippen molar-refractivity contribution in [1.29, 1.82) is 0 Å². The van der Waals surface area contributed by atoms with Gasteiger partial charge in [0, 0.05) is 18.2 Å². The van der Waals surface area contributed by atoms with Crippen molar-refractivity contribution in [3.8, 4) is 5.75 Å². The highest BCUT2D eigenvalue weighted by atomic mass is 16.5. The monoisotopic (exact) mass is 278 g/mol. The number of rotatable bonds is 10. The molecule has 0 saturated heterocycles. The topological polar surface area (TPSA) is 24.5 Å². The van der Waals surface area contributed by atoms with E-state index in [2.05, 4.69) is 49.2 Å². The quantitative estimate of drug-likeness (QED) is 0.709. The largest absolute Gasteiger partial charge is 0.494 e. The van der Waals surface area contributed by atoms with Crippen LogP contribution in [0, 0.1) is 0 Å². The van der Waals surface area contributed by atoms with Crippen LogP contribution in [-0.2, 0) is 0 Å². The van der Waals surface area contributed by atoms with E-state index >= 15 is 0 Å². The molecule has 1 aromatic rings. The first kappa shape index (κ1) is 17.0. The fourth-order valence-electron chi connectivity index (χ4n) is 2.53. The van der Waals surface area contributed by atoms with Gasteiger partial charge in [-0.15, -0.1) is 0 Å². The van der Waals surface area contributed by atoms with E-state index in [1.807, 2.05) is 13.0 Å². The van der Waals surface area contributed by atoms with Crippen molar-refractivity contribution in [3.63, 3.8) is 0 Å². The fraction of sp³-hybridized carbons (Fsp3) is 0.647. The maximum absolute atomic E-state index is 5.78. The van der Waals surface area contributed by atoms with E-state index < -0.39 is 0 Å². The lowest BCUT2D eigenvalue weighted by Crippen LogP contribution is -2.35. The summed E-state index contributed by atoms with van der Waals surface area (Å²) in [5, 5.41) is 3.60. The molecular weight excluding hydrogens is 248 g/mol. The second-order valence-electron chi connectivity index (χ2n) is 4.97. The van der Waals surface area contributed by atoms with Gasteiger partial charge in [0.05, 0.1) is 6.61 Å². The highest BCUT2D eigenvalue weighted by molar-refractivity contribution is 5.36. The normalized spacial score (nSPS) is 12.7. The van der Waals surface area contributed by atoms with E-state index in [1.54, 1.807) is 0 Å². The highest BCUT2D eigenvalue weighted by Gasteiger charge is 2.17. The molecule has 0 aromatic heterocycles. The van der Waals surface area contributed by atoms with E-state index in [0.717, 1.165) is 31.9 Å². The molecule has 0 aliphatic heterocycles. The maximum atomic E-state index is 5.78. The third kappa shape index (κ3) is 5.14. The maximum Gasteiger partial charge on any atom is 0.124 e. The van der Waals surface area contributed by atoms with Crippen LogP contribution in [0.3, 0.4) is 0 Å². The van der Waals surface area contributed by atoms with E-state index in [0.29, 0.717) is 12.6 Å². The van der Waals surface area contributed by atoms with Crippen molar-refractivity contribution >= 4 is 0 Å². The molecule has 0 fully saturated rings. The van der Waals surface area contributed by atoms with Crippen LogP contribution < -0.4 is 10.1 Å². The zero-order valence-electron chi connectivity index (χ0n) is 13.5. The van der Waals surface area contributed by atoms with Gasteiger partial charge in [0.2, 0.25) is 0 Å². The summed E-state index contributed by atoms with van der Waals surface area (Å²) in [6.07, 6.45) is 1.19. The molecule has 1 aromatic carbocycles. The Morgan fingerprint density at radius 2 is 1.90 bits per heavy atom. The van der Waals surface area contributed by atoms with Gasteiger partial charge in [0.1, 0.15) is 5.75 Å². The molecule has 0 radical (unpaired) electrons. The molecule has 0 saturated carbocycles. The van der Waals surface area contributed by atoms with E-state index in [4.69, 9.17) is 4.74 Å². The van der Waals surface area contributed by atoms with Gasteiger partial charge in [-0.3, -0.25) is 0 Å². The first-order chi connectivity index (χ1) is 9.76. The number of benzene rings is 1. The van der Waals surface area contributed by atoms with Gasteiger partial charge in [0.25, 0.3) is 0 Å². The van der Waals surface area contributed by atoms with E-state index in [1.165, 1.54) is 12.0 Å². The molecule has 1 rings (SSSR count). The summed E-state index contributed by atoms with van der Waals surface area (Å²) in [5.41, 5.74) is 1.27. The average Bonchev–Trinajstić information content (AvgIpc) is 2.47. The summed E-state index contributed by atoms with van der Waals surface area (Å²) in [5.74, 6) is 1.01. The molecule has 20 heavy (non-hydrogen) atoms. The lowest BCUT2D eigenvalue weighted by Gasteiger charge is -2.28. The molecule has 0 bridgehead atoms. The van der Waals surface area contributed by atoms with Crippen LogP contribution in [-0.4, -0.2) is 37.7 Å². The third-order valence-corrected chi connectivity index (χ3v) is 3.47. The summed E-state index contributed by atoms with van der Waals surface area (Å²) in [6, 6.07) is 8.71. The summed E-state index contributed by atoms with van der Waals surface area (Å²) in [6.45, 7) is 13.6. The van der Waals surface area contributed by atoms with Crippen LogP contribution in [0.1, 0.15) is 45.7 Å². The van der Waals surface area contributed by atoms with Gasteiger partial charge in [-0.25, -0.2) is 0 Å². The number of hydrogen-bond donors (Lipinski definition) is 1. The SMILES string of the molecule is CCCN(CC)CC(NCC)c1ccccc1OCC. The standard InChI is InChI=1S/C17H30N2O/c1-5-13-19(7-3)14-16(18-6-2)15-11-9-10-12-17(15)20-8-4/h9-12,16,18H,5-8,13-14H2,1-4H3. The first-order valence-corrected chi connectivity index (χ1v) is 7.94. The average molecular weight is 278 g/mol. The number of likely N-dealkylation sites (N-methyl/N-ethyl adjacent to an activating group) is 2. The molecule has 114 valence electrons. The second kappa shape index (κ2) is 9.78. The molecule has 3 nitrogen and oxygen atoms in total. The van der Waals surface area contributed by atoms with E-state index in [9.17, 15) is 0 Å². The van der Waals surface area contributed by atoms with Crippen LogP contribution in [0.25, 0.3) is 0 Å². The van der Waals surface area contributed by atoms with Crippen molar-refractivity contribution in [2.45, 2.75) is 40.2 Å². The molecule has 1 atom stereocenters. The van der Waals surface area contributed by atoms with Gasteiger partial charge in [0.15, 0.2) is 0 Å². The van der Waals surface area contributed by atoms with Crippen molar-refractivity contribution in [2.75, 3.05) is 32.8 Å². The molecule has 1 unspecified atom stereocenters. The lowest BCUT2D eigenvalue weighted by molar-refractivity contribution is 0.250. The smallest absolute Gasteiger partial charge is 0.124 e. The Hall–Kier alpha value is -1.06. The van der Waals surface area contributed by atoms with Gasteiger partial charge in [-0.1, -0.05) is 39.0 Å². The Balaban J connectivity index is 2.88. The van der Waals surface area contributed by atoms with Gasteiger partial charge >= 0.3 is 0 Å². The van der Waals surface area contributed by atoms with Crippen molar-refractivity contribution in [1.82, 2.24) is 10.2 Å². The summed E-state index contributed by atoms with van der Waals surface area (Å²) >= 11 is 0. The van der Waals surface area contributed by atoms with Crippen LogP contribution >= 0.6 is 0 Å². The molecule has 0 heterocycles. The van der Waals surface area contributed by atoms with Crippen LogP contribution in [0.5, 0.6) is 5.75 Å². The summed E-state index contributed by atoms with van der Waals surface area (Å²) < 4.78 is 5.78. The molecule has 3 heteroatoms. The number of nitrogens with one attached hydrogen (secondary N) is 1. The Bertz CT molecular complexity index is 368. The van der Waals surface area contributed by atoms with Crippen molar-refractivity contribution in [3.05, 3.63) is 29.8 Å². The Labute approximate surface area is 124 Å². The Kier molecular flexibility index (Phi) is 8.31. The highest BCUT2D eigenvalue weighted by Crippen LogP contribution is 2.26. The molecular formula is C17H30N2O. The molecule has 0 amide bonds. The fourth-order valence-corrected chi connectivity index (χ4v) is 2.53. The minimum Gasteiger partial charge on any atom is -0.494 e. The minimum absolute atomic E-state index is 0.328. The minimum atomic E-state index is 0.328. The van der Waals surface area contributed by atoms with Gasteiger partial charge in [-0.05, 0) is 39.0 Å². The van der Waals surface area contributed by atoms with Crippen molar-refractivity contribution in [2.24, 2.45) is 0 Å². The number of para-hydroxylation sites is 1. The number of ether oxygens (including phenoxy) is 1. The van der Waals surface area contributed by atoms with Crippen LogP contribution in [0.15, 0.2) is 24.3 Å². The summed E-state index contributed by atoms with van der Waals surface area (Å²) in [7, 11) is 0. The number of nitrogens with zero attached hydrogens (tertiary/aromatic N) is 1. The Morgan fingerprint density at radius 1 is 1.15 bits per heavy atom. The third-order valence-electron chi connectivity index (χ3n) is 3.47.